The number of ether oxygens (including phenoxy) is 3. The number of imide groups is 1. The van der Waals surface area contributed by atoms with Crippen molar-refractivity contribution in [1.29, 1.82) is 0 Å². The fraction of sp³-hybridized carbons (Fsp3) is 0.615. The number of carbonyl (C=O) groups excluding carboxylic acids is 3. The Hall–Kier alpha value is -1.81. The van der Waals surface area contributed by atoms with E-state index in [2.05, 4.69) is 10.1 Å². The van der Waals surface area contributed by atoms with Crippen molar-refractivity contribution in [3.63, 3.8) is 0 Å². The van der Waals surface area contributed by atoms with Gasteiger partial charge in [0.1, 0.15) is 13.3 Å². The first kappa shape index (κ1) is 18.2. The molecule has 1 aliphatic rings. The predicted octanol–water partition coefficient (Wildman–Crippen LogP) is -1.97. The zero-order chi connectivity index (χ0) is 16.2. The molecule has 0 aromatic carbocycles. The van der Waals surface area contributed by atoms with Gasteiger partial charge in [0.15, 0.2) is 0 Å². The standard InChI is InChI=1S/C13H20N2O7/c16-10-22-8-7-21-6-5-20-4-3-14-11(17)9-15-12(18)1-2-13(15)19/h1-2,16H,3-10H2,(H,14,17). The van der Waals surface area contributed by atoms with Gasteiger partial charge in [0.25, 0.3) is 11.8 Å². The third-order valence-electron chi connectivity index (χ3n) is 2.61. The number of nitrogens with zero attached hydrogens (tertiary/aromatic N) is 1. The van der Waals surface area contributed by atoms with Gasteiger partial charge in [-0.1, -0.05) is 0 Å². The molecule has 124 valence electrons. The Morgan fingerprint density at radius 1 is 1.00 bits per heavy atom. The third-order valence-corrected chi connectivity index (χ3v) is 2.61. The molecular weight excluding hydrogens is 296 g/mol. The third kappa shape index (κ3) is 7.27. The Morgan fingerprint density at radius 3 is 2.14 bits per heavy atom. The van der Waals surface area contributed by atoms with E-state index >= 15 is 0 Å². The van der Waals surface area contributed by atoms with Crippen LogP contribution in [0, 0.1) is 0 Å². The highest BCUT2D eigenvalue weighted by molar-refractivity contribution is 6.14. The lowest BCUT2D eigenvalue weighted by Crippen LogP contribution is -2.41. The summed E-state index contributed by atoms with van der Waals surface area (Å²) < 4.78 is 15.0. The van der Waals surface area contributed by atoms with Gasteiger partial charge in [-0.15, -0.1) is 0 Å². The van der Waals surface area contributed by atoms with Crippen molar-refractivity contribution in [2.24, 2.45) is 0 Å². The highest BCUT2D eigenvalue weighted by atomic mass is 16.6. The van der Waals surface area contributed by atoms with Crippen LogP contribution in [0.4, 0.5) is 0 Å². The fourth-order valence-electron chi connectivity index (χ4n) is 1.55. The van der Waals surface area contributed by atoms with Crippen molar-refractivity contribution in [2.75, 3.05) is 52.9 Å². The summed E-state index contributed by atoms with van der Waals surface area (Å²) in [7, 11) is 0. The normalized spacial score (nSPS) is 14.0. The van der Waals surface area contributed by atoms with Gasteiger partial charge in [-0.3, -0.25) is 19.3 Å². The van der Waals surface area contributed by atoms with E-state index in [4.69, 9.17) is 14.6 Å². The minimum absolute atomic E-state index is 0.274. The second kappa shape index (κ2) is 10.9. The molecule has 0 fully saturated rings. The highest BCUT2D eigenvalue weighted by Crippen LogP contribution is 2.01. The maximum absolute atomic E-state index is 11.5. The first-order chi connectivity index (χ1) is 10.6. The first-order valence-electron chi connectivity index (χ1n) is 6.79. The van der Waals surface area contributed by atoms with Crippen LogP contribution < -0.4 is 5.32 Å². The number of rotatable bonds is 12. The average molecular weight is 316 g/mol. The molecule has 9 heteroatoms. The van der Waals surface area contributed by atoms with Crippen molar-refractivity contribution in [3.05, 3.63) is 12.2 Å². The lowest BCUT2D eigenvalue weighted by atomic mass is 10.4. The number of hydrogen-bond acceptors (Lipinski definition) is 7. The van der Waals surface area contributed by atoms with Gasteiger partial charge in [-0.05, 0) is 0 Å². The van der Waals surface area contributed by atoms with Gasteiger partial charge in [-0.2, -0.15) is 0 Å². The molecule has 22 heavy (non-hydrogen) atoms. The summed E-state index contributed by atoms with van der Waals surface area (Å²) in [5, 5.41) is 10.9. The Kier molecular flexibility index (Phi) is 9.00. The van der Waals surface area contributed by atoms with Crippen molar-refractivity contribution < 1.29 is 33.7 Å². The number of aliphatic hydroxyl groups excluding tert-OH is 1. The molecule has 2 N–H and O–H groups in total. The van der Waals surface area contributed by atoms with Crippen molar-refractivity contribution in [2.45, 2.75) is 0 Å². The van der Waals surface area contributed by atoms with Gasteiger partial charge >= 0.3 is 0 Å². The van der Waals surface area contributed by atoms with Crippen LogP contribution in [-0.2, 0) is 28.6 Å². The molecule has 1 aliphatic heterocycles. The van der Waals surface area contributed by atoms with Crippen LogP contribution in [0.3, 0.4) is 0 Å². The molecule has 0 aromatic rings. The molecule has 0 aromatic heterocycles. The van der Waals surface area contributed by atoms with Crippen LogP contribution in [0.5, 0.6) is 0 Å². The Bertz CT molecular complexity index is 393. The lowest BCUT2D eigenvalue weighted by Gasteiger charge is -2.13. The van der Waals surface area contributed by atoms with Crippen LogP contribution in [0.25, 0.3) is 0 Å². The summed E-state index contributed by atoms with van der Waals surface area (Å²) in [5.74, 6) is -1.40. The molecule has 3 amide bonds. The minimum Gasteiger partial charge on any atom is -0.377 e. The van der Waals surface area contributed by atoms with Gasteiger partial charge in [-0.25, -0.2) is 0 Å². The van der Waals surface area contributed by atoms with Crippen molar-refractivity contribution in [1.82, 2.24) is 10.2 Å². The number of amides is 3. The van der Waals surface area contributed by atoms with Crippen molar-refractivity contribution >= 4 is 17.7 Å². The molecule has 1 rings (SSSR count). The zero-order valence-corrected chi connectivity index (χ0v) is 12.2. The molecule has 0 aliphatic carbocycles. The number of nitrogens with one attached hydrogen (secondary N) is 1. The van der Waals surface area contributed by atoms with Gasteiger partial charge in [0.05, 0.1) is 33.0 Å². The van der Waals surface area contributed by atoms with E-state index in [1.165, 1.54) is 0 Å². The molecule has 0 saturated carbocycles. The van der Waals surface area contributed by atoms with Crippen LogP contribution in [0.2, 0.25) is 0 Å². The van der Waals surface area contributed by atoms with Crippen LogP contribution >= 0.6 is 0 Å². The second-order valence-corrected chi connectivity index (χ2v) is 4.21. The van der Waals surface area contributed by atoms with Gasteiger partial charge < -0.3 is 24.6 Å². The predicted molar refractivity (Wildman–Crippen MR) is 73.5 cm³/mol. The largest absolute Gasteiger partial charge is 0.377 e. The van der Waals surface area contributed by atoms with E-state index < -0.39 is 17.7 Å². The number of aliphatic hydroxyl groups is 1. The lowest BCUT2D eigenvalue weighted by molar-refractivity contribution is -0.141. The Morgan fingerprint density at radius 2 is 1.55 bits per heavy atom. The van der Waals surface area contributed by atoms with E-state index in [1.807, 2.05) is 0 Å². The monoisotopic (exact) mass is 316 g/mol. The van der Waals surface area contributed by atoms with Gasteiger partial charge in [0.2, 0.25) is 5.91 Å². The molecule has 0 unspecified atom stereocenters. The number of carbonyl (C=O) groups is 3. The van der Waals surface area contributed by atoms with E-state index in [-0.39, 0.29) is 19.9 Å². The molecular formula is C13H20N2O7. The number of hydrogen-bond donors (Lipinski definition) is 2. The van der Waals surface area contributed by atoms with Gasteiger partial charge in [0, 0.05) is 18.7 Å². The van der Waals surface area contributed by atoms with E-state index in [0.717, 1.165) is 17.1 Å². The summed E-state index contributed by atoms with van der Waals surface area (Å²) >= 11 is 0. The molecule has 0 radical (unpaired) electrons. The SMILES string of the molecule is O=C(CN1C(=O)C=CC1=O)NCCOCCOCCOCO. The van der Waals surface area contributed by atoms with Crippen LogP contribution in [0.15, 0.2) is 12.2 Å². The first-order valence-corrected chi connectivity index (χ1v) is 6.79. The Labute approximate surface area is 127 Å². The average Bonchev–Trinajstić information content (AvgIpc) is 2.81. The van der Waals surface area contributed by atoms with Crippen LogP contribution in [0.1, 0.15) is 0 Å². The molecule has 0 atom stereocenters. The molecule has 1 heterocycles. The summed E-state index contributed by atoms with van der Waals surface area (Å²) in [4.78, 5) is 34.9. The fourth-order valence-corrected chi connectivity index (χ4v) is 1.55. The molecule has 0 spiro atoms. The highest BCUT2D eigenvalue weighted by Gasteiger charge is 2.25. The van der Waals surface area contributed by atoms with Crippen LogP contribution in [-0.4, -0.2) is 80.6 Å². The Balaban J connectivity index is 1.93. The molecule has 9 nitrogen and oxygen atoms in total. The summed E-state index contributed by atoms with van der Waals surface area (Å²) in [5.41, 5.74) is 0. The summed E-state index contributed by atoms with van der Waals surface area (Å²) in [6.07, 6.45) is 2.26. The van der Waals surface area contributed by atoms with E-state index in [9.17, 15) is 14.4 Å². The topological polar surface area (TPSA) is 114 Å². The minimum atomic E-state index is -0.487. The van der Waals surface area contributed by atoms with Crippen molar-refractivity contribution in [3.8, 4) is 0 Å². The summed E-state index contributed by atoms with van der Waals surface area (Å²) in [6, 6.07) is 0. The van der Waals surface area contributed by atoms with E-state index in [1.54, 1.807) is 0 Å². The second-order valence-electron chi connectivity index (χ2n) is 4.21. The maximum Gasteiger partial charge on any atom is 0.254 e. The summed E-state index contributed by atoms with van der Waals surface area (Å²) in [6.45, 7) is 1.37. The van der Waals surface area contributed by atoms with E-state index in [0.29, 0.717) is 33.0 Å². The molecule has 0 bridgehead atoms. The molecule has 0 saturated heterocycles. The maximum atomic E-state index is 11.5. The quantitative estimate of drug-likeness (QED) is 0.244. The smallest absolute Gasteiger partial charge is 0.254 e. The zero-order valence-electron chi connectivity index (χ0n) is 12.2.